The molecular weight excluding hydrogens is 290 g/mol. The zero-order chi connectivity index (χ0) is 15.6. The molecule has 0 spiro atoms. The van der Waals surface area contributed by atoms with E-state index in [0.717, 1.165) is 53.9 Å². The molecule has 3 heterocycles. The second-order valence-corrected chi connectivity index (χ2v) is 5.63. The van der Waals surface area contributed by atoms with Gasteiger partial charge in [-0.05, 0) is 24.8 Å². The van der Waals surface area contributed by atoms with Crippen LogP contribution in [0.5, 0.6) is 0 Å². The first-order chi connectivity index (χ1) is 11.4. The van der Waals surface area contributed by atoms with E-state index >= 15 is 0 Å². The van der Waals surface area contributed by atoms with Gasteiger partial charge in [0.15, 0.2) is 5.65 Å². The molecule has 6 nitrogen and oxygen atoms in total. The van der Waals surface area contributed by atoms with E-state index in [0.29, 0.717) is 0 Å². The number of hydrogen-bond acceptors (Lipinski definition) is 5. The fourth-order valence-corrected chi connectivity index (χ4v) is 2.95. The molecule has 1 aliphatic heterocycles. The number of rotatable bonds is 3. The Morgan fingerprint density at radius 2 is 2.00 bits per heavy atom. The van der Waals surface area contributed by atoms with Gasteiger partial charge in [0.1, 0.15) is 23.8 Å². The van der Waals surface area contributed by atoms with Crippen LogP contribution in [0.2, 0.25) is 0 Å². The molecular formula is C17H17N5O. The van der Waals surface area contributed by atoms with Gasteiger partial charge in [0.25, 0.3) is 0 Å². The van der Waals surface area contributed by atoms with Crippen LogP contribution >= 0.6 is 0 Å². The largest absolute Gasteiger partial charge is 0.358 e. The average Bonchev–Trinajstić information content (AvgIpc) is 3.07. The fourth-order valence-electron chi connectivity index (χ4n) is 2.95. The predicted octanol–water partition coefficient (Wildman–Crippen LogP) is 3.19. The molecule has 1 aliphatic rings. The van der Waals surface area contributed by atoms with Gasteiger partial charge in [0, 0.05) is 18.4 Å². The van der Waals surface area contributed by atoms with Crippen molar-refractivity contribution in [2.75, 3.05) is 6.61 Å². The highest BCUT2D eigenvalue weighted by atomic mass is 16.5. The minimum atomic E-state index is 0.0109. The number of aromatic nitrogens is 4. The zero-order valence-corrected chi connectivity index (χ0v) is 12.6. The first-order valence-electron chi connectivity index (χ1n) is 7.77. The molecule has 4 rings (SSSR count). The third-order valence-electron chi connectivity index (χ3n) is 4.18. The van der Waals surface area contributed by atoms with Crippen molar-refractivity contribution in [3.05, 3.63) is 42.5 Å². The van der Waals surface area contributed by atoms with Gasteiger partial charge in [-0.2, -0.15) is 0 Å². The molecule has 2 aromatic heterocycles. The molecule has 23 heavy (non-hydrogen) atoms. The molecule has 1 aromatic carbocycles. The van der Waals surface area contributed by atoms with Gasteiger partial charge in [-0.3, -0.25) is 4.57 Å². The minimum absolute atomic E-state index is 0.0109. The number of imidazole rings is 1. The number of ether oxygens (including phenoxy) is 1. The van der Waals surface area contributed by atoms with Crippen molar-refractivity contribution in [1.82, 2.24) is 19.5 Å². The van der Waals surface area contributed by atoms with Gasteiger partial charge < -0.3 is 10.1 Å². The molecule has 0 radical (unpaired) electrons. The van der Waals surface area contributed by atoms with Gasteiger partial charge in [-0.25, -0.2) is 15.0 Å². The Balaban J connectivity index is 1.78. The van der Waals surface area contributed by atoms with E-state index in [1.54, 1.807) is 12.7 Å². The first kappa shape index (κ1) is 14.0. The van der Waals surface area contributed by atoms with Crippen LogP contribution in [0.15, 0.2) is 36.9 Å². The Bertz CT molecular complexity index is 834. The van der Waals surface area contributed by atoms with E-state index in [2.05, 4.69) is 15.0 Å². The van der Waals surface area contributed by atoms with Crippen molar-refractivity contribution in [3.8, 4) is 11.3 Å². The van der Waals surface area contributed by atoms with E-state index in [1.165, 1.54) is 6.21 Å². The maximum Gasteiger partial charge on any atom is 0.165 e. The summed E-state index contributed by atoms with van der Waals surface area (Å²) >= 11 is 0. The number of fused-ring (bicyclic) bond motifs is 1. The monoisotopic (exact) mass is 307 g/mol. The van der Waals surface area contributed by atoms with Gasteiger partial charge in [0.2, 0.25) is 0 Å². The normalized spacial score (nSPS) is 18.2. The summed E-state index contributed by atoms with van der Waals surface area (Å²) in [6.07, 6.45) is 7.97. The number of benzene rings is 1. The van der Waals surface area contributed by atoms with Crippen LogP contribution < -0.4 is 0 Å². The Morgan fingerprint density at radius 3 is 2.74 bits per heavy atom. The first-order valence-corrected chi connectivity index (χ1v) is 7.77. The average molecular weight is 307 g/mol. The van der Waals surface area contributed by atoms with Crippen LogP contribution in [0, 0.1) is 5.41 Å². The fraction of sp³-hybridized carbons (Fsp3) is 0.294. The summed E-state index contributed by atoms with van der Waals surface area (Å²) in [7, 11) is 0. The van der Waals surface area contributed by atoms with Crippen LogP contribution in [-0.2, 0) is 4.74 Å². The highest BCUT2D eigenvalue weighted by Crippen LogP contribution is 2.29. The van der Waals surface area contributed by atoms with E-state index in [4.69, 9.17) is 10.1 Å². The molecule has 1 atom stereocenters. The maximum atomic E-state index is 7.29. The molecule has 6 heteroatoms. The lowest BCUT2D eigenvalue weighted by molar-refractivity contribution is -0.0298. The van der Waals surface area contributed by atoms with Crippen molar-refractivity contribution in [2.24, 2.45) is 0 Å². The summed E-state index contributed by atoms with van der Waals surface area (Å²) in [4.78, 5) is 13.3. The summed E-state index contributed by atoms with van der Waals surface area (Å²) in [5, 5.41) is 7.29. The molecule has 0 saturated carbocycles. The van der Waals surface area contributed by atoms with Gasteiger partial charge in [-0.1, -0.05) is 24.3 Å². The van der Waals surface area contributed by atoms with Crippen LogP contribution in [-0.4, -0.2) is 32.3 Å². The van der Waals surface area contributed by atoms with Crippen molar-refractivity contribution in [2.45, 2.75) is 25.5 Å². The van der Waals surface area contributed by atoms with Crippen LogP contribution in [0.1, 0.15) is 31.1 Å². The third-order valence-corrected chi connectivity index (χ3v) is 4.18. The molecule has 116 valence electrons. The maximum absolute atomic E-state index is 7.29. The molecule has 1 fully saturated rings. The summed E-state index contributed by atoms with van der Waals surface area (Å²) < 4.78 is 7.85. The Kier molecular flexibility index (Phi) is 3.59. The Morgan fingerprint density at radius 1 is 1.13 bits per heavy atom. The second kappa shape index (κ2) is 5.89. The lowest BCUT2D eigenvalue weighted by atomic mass is 10.1. The summed E-state index contributed by atoms with van der Waals surface area (Å²) in [5.74, 6) is 0. The molecule has 1 N–H and O–H groups in total. The lowest BCUT2D eigenvalue weighted by Crippen LogP contribution is -2.17. The van der Waals surface area contributed by atoms with Gasteiger partial charge >= 0.3 is 0 Å². The minimum Gasteiger partial charge on any atom is -0.358 e. The van der Waals surface area contributed by atoms with E-state index in [-0.39, 0.29) is 6.23 Å². The Hall–Kier alpha value is -2.60. The smallest absolute Gasteiger partial charge is 0.165 e. The Labute approximate surface area is 133 Å². The van der Waals surface area contributed by atoms with E-state index in [9.17, 15) is 0 Å². The number of hydrogen-bond donors (Lipinski definition) is 1. The molecule has 0 amide bonds. The van der Waals surface area contributed by atoms with Crippen LogP contribution in [0.4, 0.5) is 0 Å². The number of nitrogens with zero attached hydrogens (tertiary/aromatic N) is 4. The summed E-state index contributed by atoms with van der Waals surface area (Å²) in [6.45, 7) is 0.785. The quantitative estimate of drug-likeness (QED) is 0.754. The predicted molar refractivity (Wildman–Crippen MR) is 87.5 cm³/mol. The van der Waals surface area contributed by atoms with E-state index in [1.807, 2.05) is 28.8 Å². The highest BCUT2D eigenvalue weighted by molar-refractivity contribution is 5.88. The topological polar surface area (TPSA) is 76.7 Å². The summed E-state index contributed by atoms with van der Waals surface area (Å²) in [6, 6.07) is 7.71. The van der Waals surface area contributed by atoms with Crippen molar-refractivity contribution >= 4 is 17.4 Å². The summed E-state index contributed by atoms with van der Waals surface area (Å²) in [5.41, 5.74) is 4.22. The van der Waals surface area contributed by atoms with Crippen LogP contribution in [0.3, 0.4) is 0 Å². The van der Waals surface area contributed by atoms with Gasteiger partial charge in [0.05, 0.1) is 6.33 Å². The zero-order valence-electron chi connectivity index (χ0n) is 12.6. The van der Waals surface area contributed by atoms with Gasteiger partial charge in [-0.15, -0.1) is 0 Å². The van der Waals surface area contributed by atoms with E-state index < -0.39 is 0 Å². The van der Waals surface area contributed by atoms with Crippen LogP contribution in [0.25, 0.3) is 22.4 Å². The number of nitrogens with one attached hydrogen (secondary N) is 1. The standard InChI is InChI=1S/C17H17N5O/c18-9-12-4-6-13(7-5-12)15-16-17(20-10-19-15)22(11-21-16)14-3-1-2-8-23-14/h4-7,9-11,14,18H,1-3,8H2. The second-order valence-electron chi connectivity index (χ2n) is 5.63. The molecule has 0 bridgehead atoms. The lowest BCUT2D eigenvalue weighted by Gasteiger charge is -2.23. The van der Waals surface area contributed by atoms with Crippen molar-refractivity contribution in [1.29, 1.82) is 5.41 Å². The highest BCUT2D eigenvalue weighted by Gasteiger charge is 2.20. The molecule has 1 saturated heterocycles. The molecule has 3 aromatic rings. The molecule has 0 aliphatic carbocycles. The van der Waals surface area contributed by atoms with Crippen molar-refractivity contribution in [3.63, 3.8) is 0 Å². The third kappa shape index (κ3) is 2.51. The SMILES string of the molecule is N=Cc1ccc(-c2ncnc3c2ncn3C2CCCCO2)cc1. The van der Waals surface area contributed by atoms with Crippen molar-refractivity contribution < 1.29 is 4.74 Å². The molecule has 1 unspecified atom stereocenters.